The molecule has 0 atom stereocenters. The Labute approximate surface area is 129 Å². The molecule has 0 saturated carbocycles. The summed E-state index contributed by atoms with van der Waals surface area (Å²) in [6.45, 7) is 5.13. The van der Waals surface area contributed by atoms with Gasteiger partial charge in [0.05, 0.1) is 6.61 Å². The fourth-order valence-electron chi connectivity index (χ4n) is 2.02. The fourth-order valence-corrected chi connectivity index (χ4v) is 2.02. The first-order valence-corrected chi connectivity index (χ1v) is 7.06. The molecule has 2 rings (SSSR count). The average Bonchev–Trinajstić information content (AvgIpc) is 2.52. The number of nitrogens with zero attached hydrogens (tertiary/aromatic N) is 2. The van der Waals surface area contributed by atoms with Gasteiger partial charge in [-0.1, -0.05) is 18.2 Å². The Bertz CT molecular complexity index is 621. The van der Waals surface area contributed by atoms with E-state index >= 15 is 0 Å². The molecule has 0 aliphatic heterocycles. The number of para-hydroxylation sites is 1. The lowest BCUT2D eigenvalue weighted by molar-refractivity contribution is 0.102. The van der Waals surface area contributed by atoms with E-state index in [0.717, 1.165) is 16.8 Å². The summed E-state index contributed by atoms with van der Waals surface area (Å²) < 4.78 is 4.94. The maximum Gasteiger partial charge on any atom is 0.276 e. The number of amides is 1. The van der Waals surface area contributed by atoms with E-state index in [0.29, 0.717) is 19.0 Å². The first-order chi connectivity index (χ1) is 10.6. The topological polar surface area (TPSA) is 76.1 Å². The minimum absolute atomic E-state index is 0.270. The zero-order valence-corrected chi connectivity index (χ0v) is 13.0. The van der Waals surface area contributed by atoms with Crippen molar-refractivity contribution in [3.05, 3.63) is 47.2 Å². The molecule has 0 saturated heterocycles. The number of aromatic nitrogens is 2. The van der Waals surface area contributed by atoms with E-state index in [9.17, 15) is 4.79 Å². The molecule has 6 nitrogen and oxygen atoms in total. The van der Waals surface area contributed by atoms with Crippen molar-refractivity contribution in [1.29, 1.82) is 0 Å². The zero-order valence-electron chi connectivity index (χ0n) is 13.0. The molecule has 116 valence electrons. The third kappa shape index (κ3) is 4.02. The van der Waals surface area contributed by atoms with E-state index in [2.05, 4.69) is 20.8 Å². The summed E-state index contributed by atoms with van der Waals surface area (Å²) in [6, 6.07) is 9.24. The first-order valence-electron chi connectivity index (χ1n) is 7.06. The van der Waals surface area contributed by atoms with Crippen LogP contribution in [0.3, 0.4) is 0 Å². The molecule has 0 unspecified atom stereocenters. The molecule has 1 heterocycles. The van der Waals surface area contributed by atoms with E-state index in [1.54, 1.807) is 19.2 Å². The third-order valence-corrected chi connectivity index (χ3v) is 3.23. The molecular formula is C16H20N4O2. The highest BCUT2D eigenvalue weighted by Crippen LogP contribution is 2.20. The van der Waals surface area contributed by atoms with Crippen molar-refractivity contribution >= 4 is 17.4 Å². The molecule has 1 aromatic heterocycles. The standard InChI is InChI=1S/C16H20N4O2/c1-11-5-4-6-12(2)15(11)18-16(21)13-7-8-14(20-19-13)17-9-10-22-3/h4-8H,9-10H2,1-3H3,(H,17,20)(H,18,21). The smallest absolute Gasteiger partial charge is 0.276 e. The largest absolute Gasteiger partial charge is 0.383 e. The Kier molecular flexibility index (Phi) is 5.43. The number of carbonyl (C=O) groups excluding carboxylic acids is 1. The van der Waals surface area contributed by atoms with Crippen LogP contribution in [0.4, 0.5) is 11.5 Å². The van der Waals surface area contributed by atoms with Crippen LogP contribution in [0.5, 0.6) is 0 Å². The molecule has 0 spiro atoms. The SMILES string of the molecule is COCCNc1ccc(C(=O)Nc2c(C)cccc2C)nn1. The predicted molar refractivity (Wildman–Crippen MR) is 86.3 cm³/mol. The molecule has 0 bridgehead atoms. The number of methoxy groups -OCH3 is 1. The fraction of sp³-hybridized carbons (Fsp3) is 0.312. The van der Waals surface area contributed by atoms with Crippen LogP contribution >= 0.6 is 0 Å². The van der Waals surface area contributed by atoms with Gasteiger partial charge < -0.3 is 15.4 Å². The van der Waals surface area contributed by atoms with Crippen LogP contribution < -0.4 is 10.6 Å². The summed E-state index contributed by atoms with van der Waals surface area (Å²) in [5, 5.41) is 13.9. The van der Waals surface area contributed by atoms with Gasteiger partial charge in [0.1, 0.15) is 5.82 Å². The second-order valence-electron chi connectivity index (χ2n) is 4.94. The minimum Gasteiger partial charge on any atom is -0.383 e. The quantitative estimate of drug-likeness (QED) is 0.801. The molecule has 2 aromatic rings. The van der Waals surface area contributed by atoms with Gasteiger partial charge in [0.2, 0.25) is 0 Å². The van der Waals surface area contributed by atoms with Crippen molar-refractivity contribution in [3.63, 3.8) is 0 Å². The highest BCUT2D eigenvalue weighted by molar-refractivity contribution is 6.03. The number of hydrogen-bond acceptors (Lipinski definition) is 5. The van der Waals surface area contributed by atoms with Gasteiger partial charge >= 0.3 is 0 Å². The highest BCUT2D eigenvalue weighted by atomic mass is 16.5. The van der Waals surface area contributed by atoms with Crippen molar-refractivity contribution in [2.45, 2.75) is 13.8 Å². The summed E-state index contributed by atoms with van der Waals surface area (Å²) >= 11 is 0. The summed E-state index contributed by atoms with van der Waals surface area (Å²) in [6.07, 6.45) is 0. The van der Waals surface area contributed by atoms with Crippen LogP contribution in [0, 0.1) is 13.8 Å². The Hall–Kier alpha value is -2.47. The van der Waals surface area contributed by atoms with Crippen molar-refractivity contribution in [1.82, 2.24) is 10.2 Å². The Morgan fingerprint density at radius 2 is 1.86 bits per heavy atom. The van der Waals surface area contributed by atoms with Gasteiger partial charge in [-0.25, -0.2) is 0 Å². The zero-order chi connectivity index (χ0) is 15.9. The molecule has 1 aromatic carbocycles. The number of nitrogens with one attached hydrogen (secondary N) is 2. The van der Waals surface area contributed by atoms with Gasteiger partial charge in [-0.05, 0) is 37.1 Å². The number of benzene rings is 1. The minimum atomic E-state index is -0.270. The van der Waals surface area contributed by atoms with E-state index in [1.165, 1.54) is 0 Å². The van der Waals surface area contributed by atoms with E-state index in [-0.39, 0.29) is 11.6 Å². The molecular weight excluding hydrogens is 280 g/mol. The van der Waals surface area contributed by atoms with Crippen LogP contribution in [0.2, 0.25) is 0 Å². The monoisotopic (exact) mass is 300 g/mol. The van der Waals surface area contributed by atoms with E-state index in [1.807, 2.05) is 32.0 Å². The van der Waals surface area contributed by atoms with Gasteiger partial charge in [0.25, 0.3) is 5.91 Å². The van der Waals surface area contributed by atoms with Crippen LogP contribution in [0.1, 0.15) is 21.6 Å². The lowest BCUT2D eigenvalue weighted by Gasteiger charge is -2.11. The number of rotatable bonds is 6. The summed E-state index contributed by atoms with van der Waals surface area (Å²) in [5.41, 5.74) is 3.12. The second-order valence-corrected chi connectivity index (χ2v) is 4.94. The van der Waals surface area contributed by atoms with E-state index < -0.39 is 0 Å². The number of aryl methyl sites for hydroxylation is 2. The van der Waals surface area contributed by atoms with E-state index in [4.69, 9.17) is 4.74 Å². The van der Waals surface area contributed by atoms with Crippen LogP contribution in [0.25, 0.3) is 0 Å². The summed E-state index contributed by atoms with van der Waals surface area (Å²) in [4.78, 5) is 12.2. The summed E-state index contributed by atoms with van der Waals surface area (Å²) in [5.74, 6) is 0.342. The Morgan fingerprint density at radius 3 is 2.45 bits per heavy atom. The lowest BCUT2D eigenvalue weighted by Crippen LogP contribution is -2.16. The number of ether oxygens (including phenoxy) is 1. The van der Waals surface area contributed by atoms with Crippen molar-refractivity contribution in [2.75, 3.05) is 30.9 Å². The second kappa shape index (κ2) is 7.51. The molecule has 0 aliphatic rings. The third-order valence-electron chi connectivity index (χ3n) is 3.23. The maximum absolute atomic E-state index is 12.2. The van der Waals surface area contributed by atoms with Gasteiger partial charge in [0.15, 0.2) is 5.69 Å². The maximum atomic E-state index is 12.2. The van der Waals surface area contributed by atoms with Gasteiger partial charge in [0, 0.05) is 19.3 Å². The molecule has 2 N–H and O–H groups in total. The van der Waals surface area contributed by atoms with Crippen molar-refractivity contribution < 1.29 is 9.53 Å². The number of hydrogen-bond donors (Lipinski definition) is 2. The normalized spacial score (nSPS) is 10.3. The number of carbonyl (C=O) groups is 1. The lowest BCUT2D eigenvalue weighted by atomic mass is 10.1. The predicted octanol–water partition coefficient (Wildman–Crippen LogP) is 2.40. The molecule has 6 heteroatoms. The van der Waals surface area contributed by atoms with Crippen molar-refractivity contribution in [3.8, 4) is 0 Å². The van der Waals surface area contributed by atoms with Crippen LogP contribution in [0.15, 0.2) is 30.3 Å². The van der Waals surface area contributed by atoms with Gasteiger partial charge in [-0.3, -0.25) is 4.79 Å². The van der Waals surface area contributed by atoms with Crippen LogP contribution in [-0.2, 0) is 4.74 Å². The Morgan fingerprint density at radius 1 is 1.14 bits per heavy atom. The average molecular weight is 300 g/mol. The molecule has 1 amide bonds. The van der Waals surface area contributed by atoms with Crippen molar-refractivity contribution in [2.24, 2.45) is 0 Å². The summed E-state index contributed by atoms with van der Waals surface area (Å²) in [7, 11) is 1.63. The number of anilines is 2. The highest BCUT2D eigenvalue weighted by Gasteiger charge is 2.11. The first kappa shape index (κ1) is 15.9. The molecule has 22 heavy (non-hydrogen) atoms. The Balaban J connectivity index is 2.04. The van der Waals surface area contributed by atoms with Gasteiger partial charge in [-0.15, -0.1) is 10.2 Å². The van der Waals surface area contributed by atoms with Crippen LogP contribution in [-0.4, -0.2) is 36.4 Å². The molecule has 0 aliphatic carbocycles. The van der Waals surface area contributed by atoms with Gasteiger partial charge in [-0.2, -0.15) is 0 Å². The molecule has 0 radical (unpaired) electrons. The molecule has 0 fully saturated rings.